The number of nitrogens with two attached hydrogens (primary N) is 1. The number of hydrogen-bond donors (Lipinski definition) is 2. The summed E-state index contributed by atoms with van der Waals surface area (Å²) >= 11 is 0. The molecule has 2 aromatic carbocycles. The third kappa shape index (κ3) is 4.80. The Bertz CT molecular complexity index is 1030. The van der Waals surface area contributed by atoms with Gasteiger partial charge in [0.25, 0.3) is 0 Å². The van der Waals surface area contributed by atoms with E-state index in [1.165, 1.54) is 0 Å². The molecule has 3 atom stereocenters. The summed E-state index contributed by atoms with van der Waals surface area (Å²) in [4.78, 5) is 28.1. The minimum Gasteiger partial charge on any atom is -0.496 e. The van der Waals surface area contributed by atoms with Crippen molar-refractivity contribution in [2.45, 2.75) is 45.1 Å². The van der Waals surface area contributed by atoms with Crippen LogP contribution in [0.2, 0.25) is 0 Å². The maximum Gasteiger partial charge on any atom is 0.243 e. The van der Waals surface area contributed by atoms with E-state index >= 15 is 0 Å². The van der Waals surface area contributed by atoms with Crippen LogP contribution in [0.1, 0.15) is 49.3 Å². The summed E-state index contributed by atoms with van der Waals surface area (Å²) in [6.07, 6.45) is 1.43. The third-order valence-electron chi connectivity index (χ3n) is 7.08. The highest BCUT2D eigenvalue weighted by Crippen LogP contribution is 2.51. The summed E-state index contributed by atoms with van der Waals surface area (Å²) in [6.45, 7) is 8.88. The predicted molar refractivity (Wildman–Crippen MR) is 136 cm³/mol. The van der Waals surface area contributed by atoms with Crippen LogP contribution >= 0.6 is 0 Å². The lowest BCUT2D eigenvalue weighted by atomic mass is 9.64. The van der Waals surface area contributed by atoms with Gasteiger partial charge in [-0.25, -0.2) is 4.79 Å². The Morgan fingerprint density at radius 2 is 1.88 bits per heavy atom. The minimum absolute atomic E-state index is 0.295. The zero-order valence-corrected chi connectivity index (χ0v) is 20.8. The summed E-state index contributed by atoms with van der Waals surface area (Å²) in [7, 11) is 1.64. The van der Waals surface area contributed by atoms with E-state index in [1.54, 1.807) is 7.11 Å². The predicted octanol–water partition coefficient (Wildman–Crippen LogP) is 3.57. The Morgan fingerprint density at radius 1 is 1.21 bits per heavy atom. The number of nitrogens with zero attached hydrogens (tertiary/aromatic N) is 1. The van der Waals surface area contributed by atoms with Crippen LogP contribution in [-0.4, -0.2) is 50.0 Å². The average Bonchev–Trinajstić information content (AvgIpc) is 2.86. The van der Waals surface area contributed by atoms with Gasteiger partial charge in [0.15, 0.2) is 0 Å². The smallest absolute Gasteiger partial charge is 0.243 e. The molecule has 3 unspecified atom stereocenters. The first-order valence-electron chi connectivity index (χ1n) is 12.1. The Balaban J connectivity index is 2.40. The Labute approximate surface area is 203 Å². The molecule has 1 aliphatic heterocycles. The SMILES string of the molecule is CCCC(=C=O)C(C)C(c1ccc(C)cc1OC)C(C(N)=O)(c1ccccc1)N1CCNCC1. The molecule has 0 bridgehead atoms. The number of methoxy groups -OCH3 is 1. The molecule has 0 saturated carbocycles. The Morgan fingerprint density at radius 3 is 2.44 bits per heavy atom. The fourth-order valence-corrected chi connectivity index (χ4v) is 5.49. The summed E-state index contributed by atoms with van der Waals surface area (Å²) in [5, 5.41) is 3.38. The number of primary amides is 1. The number of carbonyl (C=O) groups is 1. The van der Waals surface area contributed by atoms with E-state index in [4.69, 9.17) is 10.5 Å². The van der Waals surface area contributed by atoms with E-state index in [0.717, 1.165) is 36.2 Å². The molecule has 3 N–H and O–H groups in total. The van der Waals surface area contributed by atoms with Crippen LogP contribution in [0.3, 0.4) is 0 Å². The van der Waals surface area contributed by atoms with E-state index < -0.39 is 17.4 Å². The highest BCUT2D eigenvalue weighted by molar-refractivity contribution is 5.88. The normalized spacial score (nSPS) is 17.8. The maximum atomic E-state index is 13.8. The van der Waals surface area contributed by atoms with Crippen LogP contribution in [0, 0.1) is 12.8 Å². The van der Waals surface area contributed by atoms with Crippen LogP contribution in [0.15, 0.2) is 54.1 Å². The van der Waals surface area contributed by atoms with Gasteiger partial charge in [0, 0.05) is 43.2 Å². The maximum absolute atomic E-state index is 13.8. The molecule has 1 aliphatic rings. The molecule has 6 heteroatoms. The number of amides is 1. The average molecular weight is 464 g/mol. The van der Waals surface area contributed by atoms with E-state index in [0.29, 0.717) is 30.8 Å². The molecule has 1 heterocycles. The molecule has 182 valence electrons. The second-order valence-corrected chi connectivity index (χ2v) is 9.12. The Hall–Kier alpha value is -2.92. The van der Waals surface area contributed by atoms with Gasteiger partial charge in [-0.15, -0.1) is 0 Å². The van der Waals surface area contributed by atoms with Crippen molar-refractivity contribution in [3.05, 3.63) is 70.8 Å². The lowest BCUT2D eigenvalue weighted by Crippen LogP contribution is -2.63. The number of rotatable bonds is 10. The summed E-state index contributed by atoms with van der Waals surface area (Å²) in [6, 6.07) is 15.8. The highest BCUT2D eigenvalue weighted by atomic mass is 16.5. The van der Waals surface area contributed by atoms with Crippen molar-refractivity contribution < 1.29 is 14.3 Å². The van der Waals surface area contributed by atoms with Gasteiger partial charge in [-0.3, -0.25) is 9.69 Å². The molecule has 0 radical (unpaired) electrons. The van der Waals surface area contributed by atoms with Gasteiger partial charge < -0.3 is 15.8 Å². The first-order valence-corrected chi connectivity index (χ1v) is 12.1. The van der Waals surface area contributed by atoms with Gasteiger partial charge in [0.05, 0.1) is 7.11 Å². The van der Waals surface area contributed by atoms with E-state index in [2.05, 4.69) is 16.2 Å². The van der Waals surface area contributed by atoms with Crippen LogP contribution in [0.5, 0.6) is 5.75 Å². The number of nitrogens with one attached hydrogen (secondary N) is 1. The lowest BCUT2D eigenvalue weighted by Gasteiger charge is -2.50. The molecule has 0 aliphatic carbocycles. The molecular weight excluding hydrogens is 426 g/mol. The van der Waals surface area contributed by atoms with Crippen LogP contribution in [0.25, 0.3) is 0 Å². The minimum atomic E-state index is -1.18. The number of benzene rings is 2. The molecule has 6 nitrogen and oxygen atoms in total. The fourth-order valence-electron chi connectivity index (χ4n) is 5.49. The van der Waals surface area contributed by atoms with Crippen molar-refractivity contribution in [3.8, 4) is 5.75 Å². The van der Waals surface area contributed by atoms with E-state index in [9.17, 15) is 9.59 Å². The van der Waals surface area contributed by atoms with Gasteiger partial charge in [-0.2, -0.15) is 0 Å². The van der Waals surface area contributed by atoms with Crippen molar-refractivity contribution in [2.75, 3.05) is 33.3 Å². The van der Waals surface area contributed by atoms with E-state index in [-0.39, 0.29) is 5.92 Å². The van der Waals surface area contributed by atoms with Gasteiger partial charge >= 0.3 is 0 Å². The third-order valence-corrected chi connectivity index (χ3v) is 7.08. The molecule has 0 aromatic heterocycles. The number of carbonyl (C=O) groups excluding carboxylic acids is 2. The highest BCUT2D eigenvalue weighted by Gasteiger charge is 2.54. The van der Waals surface area contributed by atoms with Crippen LogP contribution < -0.4 is 15.8 Å². The second-order valence-electron chi connectivity index (χ2n) is 9.12. The molecule has 0 spiro atoms. The van der Waals surface area contributed by atoms with Crippen molar-refractivity contribution in [2.24, 2.45) is 11.7 Å². The molecule has 1 amide bonds. The number of hydrogen-bond acceptors (Lipinski definition) is 5. The molecule has 2 aromatic rings. The van der Waals surface area contributed by atoms with Crippen molar-refractivity contribution in [1.82, 2.24) is 10.2 Å². The molecule has 34 heavy (non-hydrogen) atoms. The number of allylic oxidation sites excluding steroid dienone is 1. The fraction of sp³-hybridized carbons (Fsp3) is 0.464. The monoisotopic (exact) mass is 463 g/mol. The molecular formula is C28H37N3O3. The van der Waals surface area contributed by atoms with Crippen LogP contribution in [-0.2, 0) is 15.1 Å². The number of ether oxygens (including phenoxy) is 1. The summed E-state index contributed by atoms with van der Waals surface area (Å²) in [5.41, 5.74) is 8.62. The first kappa shape index (κ1) is 25.7. The quantitative estimate of drug-likeness (QED) is 0.526. The Kier molecular flexibility index (Phi) is 8.67. The topological polar surface area (TPSA) is 84.7 Å². The van der Waals surface area contributed by atoms with Gasteiger partial charge in [-0.05, 0) is 36.5 Å². The second kappa shape index (κ2) is 11.5. The standard InChI is InChI=1S/C28H37N3O3/c1-5-9-22(19-32)21(3)26(24-13-12-20(2)18-25(24)34-4)28(27(29)33,23-10-7-6-8-11-23)31-16-14-30-15-17-31/h6-8,10-13,18,21,26,30H,5,9,14-17H2,1-4H3,(H2,29,33). The number of aryl methyl sites for hydroxylation is 1. The van der Waals surface area contributed by atoms with Crippen molar-refractivity contribution in [3.63, 3.8) is 0 Å². The van der Waals surface area contributed by atoms with Gasteiger partial charge in [0.2, 0.25) is 5.91 Å². The largest absolute Gasteiger partial charge is 0.496 e. The lowest BCUT2D eigenvalue weighted by molar-refractivity contribution is -0.134. The van der Waals surface area contributed by atoms with Crippen LogP contribution in [0.4, 0.5) is 0 Å². The zero-order valence-electron chi connectivity index (χ0n) is 20.8. The van der Waals surface area contributed by atoms with Gasteiger partial charge in [-0.1, -0.05) is 62.7 Å². The van der Waals surface area contributed by atoms with Crippen molar-refractivity contribution in [1.29, 1.82) is 0 Å². The van der Waals surface area contributed by atoms with Gasteiger partial charge in [0.1, 0.15) is 17.2 Å². The summed E-state index contributed by atoms with van der Waals surface area (Å²) in [5.74, 6) is 1.72. The molecule has 1 fully saturated rings. The molecule has 1 saturated heterocycles. The molecule has 3 rings (SSSR count). The summed E-state index contributed by atoms with van der Waals surface area (Å²) < 4.78 is 5.84. The first-order chi connectivity index (χ1) is 16.4. The zero-order chi connectivity index (χ0) is 24.7. The van der Waals surface area contributed by atoms with E-state index in [1.807, 2.05) is 69.3 Å². The van der Waals surface area contributed by atoms with Crippen molar-refractivity contribution >= 4 is 11.8 Å². The number of piperazine rings is 1.